The minimum Gasteiger partial charge on any atom is -0.508 e. The van der Waals surface area contributed by atoms with Gasteiger partial charge in [-0.3, -0.25) is 0 Å². The van der Waals surface area contributed by atoms with E-state index in [0.29, 0.717) is 17.8 Å². The molecule has 0 aliphatic rings. The summed E-state index contributed by atoms with van der Waals surface area (Å²) in [5.41, 5.74) is 0.474. The van der Waals surface area contributed by atoms with Crippen LogP contribution in [0.5, 0.6) is 11.5 Å². The first-order chi connectivity index (χ1) is 7.87. The van der Waals surface area contributed by atoms with Gasteiger partial charge in [-0.05, 0) is 18.2 Å². The van der Waals surface area contributed by atoms with Crippen LogP contribution < -0.4 is 10.2 Å². The fraction of sp³-hybridized carbons (Fsp3) is 0.500. The Bertz CT molecular complexity index is 343. The van der Waals surface area contributed by atoms with Crippen molar-refractivity contribution in [3.05, 3.63) is 18.2 Å². The summed E-state index contributed by atoms with van der Waals surface area (Å²) in [6, 6.07) is 5.75. The molecular weight excluding hydrogens is 231 g/mol. The average molecular weight is 250 g/mol. The maximum Gasteiger partial charge on any atom is 0.189 e. The fourth-order valence-corrected chi connectivity index (χ4v) is 1.99. The Morgan fingerprint density at radius 1 is 1.24 bits per heavy atom. The van der Waals surface area contributed by atoms with Gasteiger partial charge in [0.2, 0.25) is 0 Å². The summed E-state index contributed by atoms with van der Waals surface area (Å²) in [6.07, 6.45) is 0. The number of aromatic hydroxyl groups is 1. The van der Waals surface area contributed by atoms with Crippen LogP contribution in [0.25, 0.3) is 0 Å². The lowest BCUT2D eigenvalue weighted by atomic mass is 9.96. The zero-order valence-corrected chi connectivity index (χ0v) is 11.7. The lowest BCUT2D eigenvalue weighted by Crippen LogP contribution is -2.22. The smallest absolute Gasteiger partial charge is 0.189 e. The van der Waals surface area contributed by atoms with Crippen LogP contribution in [-0.4, -0.2) is 34.4 Å². The highest BCUT2D eigenvalue weighted by Gasteiger charge is 2.11. The Labute approximate surface area is 105 Å². The topological polar surface area (TPSA) is 38.7 Å². The molecule has 92 valence electrons. The first-order valence-corrected chi connectivity index (χ1v) is 9.38. The van der Waals surface area contributed by atoms with Crippen molar-refractivity contribution >= 4 is 21.4 Å². The van der Waals surface area contributed by atoms with Crippen LogP contribution in [0.1, 0.15) is 0 Å². The molecule has 0 spiro atoms. The van der Waals surface area contributed by atoms with Gasteiger partial charge >= 0.3 is 0 Å². The van der Waals surface area contributed by atoms with E-state index in [2.05, 4.69) is 19.6 Å². The van der Waals surface area contributed by atoms with E-state index in [1.54, 1.807) is 6.07 Å². The number of hydrogen-bond acceptors (Lipinski definition) is 3. The molecule has 0 atom stereocenters. The largest absolute Gasteiger partial charge is 0.508 e. The SMILES string of the molecule is [B]c1cc(O)cc(OCOCC[Si](C)(C)C)c1. The third kappa shape index (κ3) is 6.38. The monoisotopic (exact) mass is 250 g/mol. The van der Waals surface area contributed by atoms with Crippen molar-refractivity contribution < 1.29 is 14.6 Å². The minimum atomic E-state index is -1.04. The molecule has 17 heavy (non-hydrogen) atoms. The Morgan fingerprint density at radius 2 is 1.94 bits per heavy atom. The summed E-state index contributed by atoms with van der Waals surface area (Å²) in [5.74, 6) is 0.623. The predicted octanol–water partition coefficient (Wildman–Crippen LogP) is 1.88. The Kier molecular flexibility index (Phi) is 5.08. The van der Waals surface area contributed by atoms with E-state index in [1.807, 2.05) is 0 Å². The molecule has 5 heteroatoms. The normalized spacial score (nSPS) is 11.5. The summed E-state index contributed by atoms with van der Waals surface area (Å²) < 4.78 is 10.7. The van der Waals surface area contributed by atoms with Crippen molar-refractivity contribution in [2.45, 2.75) is 25.7 Å². The second-order valence-electron chi connectivity index (χ2n) is 5.24. The van der Waals surface area contributed by atoms with Gasteiger partial charge in [-0.1, -0.05) is 25.1 Å². The molecule has 1 rings (SSSR count). The van der Waals surface area contributed by atoms with Crippen LogP contribution >= 0.6 is 0 Å². The molecule has 0 aliphatic carbocycles. The van der Waals surface area contributed by atoms with E-state index in [9.17, 15) is 5.11 Å². The van der Waals surface area contributed by atoms with Gasteiger partial charge in [0.1, 0.15) is 19.3 Å². The van der Waals surface area contributed by atoms with E-state index >= 15 is 0 Å². The number of hydrogen-bond donors (Lipinski definition) is 1. The lowest BCUT2D eigenvalue weighted by molar-refractivity contribution is 0.0220. The van der Waals surface area contributed by atoms with Crippen molar-refractivity contribution in [1.82, 2.24) is 0 Å². The van der Waals surface area contributed by atoms with E-state index < -0.39 is 8.07 Å². The van der Waals surface area contributed by atoms with Gasteiger partial charge in [0.25, 0.3) is 0 Å². The molecule has 0 fully saturated rings. The van der Waals surface area contributed by atoms with Crippen LogP contribution in [0.15, 0.2) is 18.2 Å². The van der Waals surface area contributed by atoms with Gasteiger partial charge < -0.3 is 14.6 Å². The molecule has 0 amide bonds. The molecular formula is C12H19BO3Si. The molecule has 0 aromatic heterocycles. The molecule has 1 aromatic rings. The minimum absolute atomic E-state index is 0.0992. The quantitative estimate of drug-likeness (QED) is 0.476. The molecule has 2 radical (unpaired) electrons. The zero-order chi connectivity index (χ0) is 12.9. The van der Waals surface area contributed by atoms with E-state index in [4.69, 9.17) is 17.3 Å². The number of rotatable bonds is 6. The molecule has 0 bridgehead atoms. The third-order valence-corrected chi connectivity index (χ3v) is 3.92. The summed E-state index contributed by atoms with van der Waals surface area (Å²) >= 11 is 0. The van der Waals surface area contributed by atoms with Gasteiger partial charge in [-0.2, -0.15) is 0 Å². The van der Waals surface area contributed by atoms with Crippen molar-refractivity contribution in [3.8, 4) is 11.5 Å². The van der Waals surface area contributed by atoms with Crippen molar-refractivity contribution in [2.24, 2.45) is 0 Å². The Balaban J connectivity index is 2.27. The van der Waals surface area contributed by atoms with E-state index in [0.717, 1.165) is 6.04 Å². The fourth-order valence-electron chi connectivity index (χ4n) is 1.24. The average Bonchev–Trinajstić information content (AvgIpc) is 2.13. The van der Waals surface area contributed by atoms with Crippen molar-refractivity contribution in [1.29, 1.82) is 0 Å². The summed E-state index contributed by atoms with van der Waals surface area (Å²) in [7, 11) is 4.53. The number of phenolic OH excluding ortho intramolecular Hbond substituents is 1. The lowest BCUT2D eigenvalue weighted by Gasteiger charge is -2.15. The highest BCUT2D eigenvalue weighted by Crippen LogP contribution is 2.16. The van der Waals surface area contributed by atoms with Gasteiger partial charge in [0, 0.05) is 20.7 Å². The highest BCUT2D eigenvalue weighted by atomic mass is 28.3. The second-order valence-corrected chi connectivity index (χ2v) is 10.9. The first-order valence-electron chi connectivity index (χ1n) is 5.67. The number of ether oxygens (including phenoxy) is 2. The number of benzene rings is 1. The third-order valence-electron chi connectivity index (χ3n) is 2.22. The van der Waals surface area contributed by atoms with Gasteiger partial charge in [-0.15, -0.1) is 0 Å². The molecule has 0 unspecified atom stereocenters. The van der Waals surface area contributed by atoms with E-state index in [-0.39, 0.29) is 12.5 Å². The van der Waals surface area contributed by atoms with E-state index in [1.165, 1.54) is 12.1 Å². The Hall–Kier alpha value is -0.938. The number of phenols is 1. The summed E-state index contributed by atoms with van der Waals surface area (Å²) in [4.78, 5) is 0. The Morgan fingerprint density at radius 3 is 2.53 bits per heavy atom. The predicted molar refractivity (Wildman–Crippen MR) is 73.1 cm³/mol. The van der Waals surface area contributed by atoms with Crippen LogP contribution in [0.3, 0.4) is 0 Å². The van der Waals surface area contributed by atoms with Crippen molar-refractivity contribution in [2.75, 3.05) is 13.4 Å². The molecule has 1 N–H and O–H groups in total. The summed E-state index contributed by atoms with van der Waals surface area (Å²) in [6.45, 7) is 7.80. The van der Waals surface area contributed by atoms with Gasteiger partial charge in [0.05, 0.1) is 0 Å². The summed E-state index contributed by atoms with van der Waals surface area (Å²) in [5, 5.41) is 9.31. The molecule has 1 aromatic carbocycles. The molecule has 3 nitrogen and oxygen atoms in total. The van der Waals surface area contributed by atoms with Crippen molar-refractivity contribution in [3.63, 3.8) is 0 Å². The molecule has 0 aliphatic heterocycles. The van der Waals surface area contributed by atoms with Crippen LogP contribution in [-0.2, 0) is 4.74 Å². The van der Waals surface area contributed by atoms with Gasteiger partial charge in [-0.25, -0.2) is 0 Å². The highest BCUT2D eigenvalue weighted by molar-refractivity contribution is 6.76. The second kappa shape index (κ2) is 6.12. The first kappa shape index (κ1) is 14.1. The maximum absolute atomic E-state index is 9.31. The molecule has 0 saturated carbocycles. The maximum atomic E-state index is 9.31. The standard InChI is InChI=1S/C12H19BO3Si/c1-17(2,3)5-4-15-9-16-12-7-10(13)6-11(14)8-12/h6-8,14H,4-5,9H2,1-3H3. The van der Waals surface area contributed by atoms with Crippen LogP contribution in [0, 0.1) is 0 Å². The van der Waals surface area contributed by atoms with Gasteiger partial charge in [0.15, 0.2) is 6.79 Å². The molecule has 0 heterocycles. The van der Waals surface area contributed by atoms with Crippen LogP contribution in [0.4, 0.5) is 0 Å². The van der Waals surface area contributed by atoms with Crippen LogP contribution in [0.2, 0.25) is 25.7 Å². The molecule has 0 saturated heterocycles. The zero-order valence-electron chi connectivity index (χ0n) is 10.7.